The number of nitriles is 1. The van der Waals surface area contributed by atoms with Gasteiger partial charge < -0.3 is 10.6 Å². The van der Waals surface area contributed by atoms with Gasteiger partial charge in [-0.3, -0.25) is 0 Å². The summed E-state index contributed by atoms with van der Waals surface area (Å²) in [5.74, 6) is 0. The second kappa shape index (κ2) is 4.11. The summed E-state index contributed by atoms with van der Waals surface area (Å²) in [6.45, 7) is 0.475. The van der Waals surface area contributed by atoms with Crippen molar-refractivity contribution in [2.24, 2.45) is 10.9 Å². The summed E-state index contributed by atoms with van der Waals surface area (Å²) in [5.41, 5.74) is 8.01. The zero-order chi connectivity index (χ0) is 10.7. The maximum absolute atomic E-state index is 8.65. The van der Waals surface area contributed by atoms with Crippen LogP contribution in [0, 0.1) is 11.3 Å². The lowest BCUT2D eigenvalue weighted by atomic mass is 10.0. The first-order valence-corrected chi connectivity index (χ1v) is 4.77. The van der Waals surface area contributed by atoms with Gasteiger partial charge in [-0.2, -0.15) is 5.26 Å². The van der Waals surface area contributed by atoms with Crippen LogP contribution >= 0.6 is 0 Å². The largest absolute Gasteiger partial charge is 0.390 e. The Labute approximate surface area is 87.9 Å². The van der Waals surface area contributed by atoms with E-state index >= 15 is 0 Å². The Kier molecular flexibility index (Phi) is 2.66. The first kappa shape index (κ1) is 9.69. The first-order valence-electron chi connectivity index (χ1n) is 4.77. The highest BCUT2D eigenvalue weighted by Crippen LogP contribution is 2.16. The second-order valence-corrected chi connectivity index (χ2v) is 3.39. The monoisotopic (exact) mass is 201 g/mol. The third-order valence-electron chi connectivity index (χ3n) is 2.34. The predicted molar refractivity (Wildman–Crippen MR) is 56.2 cm³/mol. The van der Waals surface area contributed by atoms with Crippen LogP contribution in [0.5, 0.6) is 0 Å². The van der Waals surface area contributed by atoms with Gasteiger partial charge in [-0.15, -0.1) is 0 Å². The summed E-state index contributed by atoms with van der Waals surface area (Å²) in [7, 11) is 0. The van der Waals surface area contributed by atoms with Crippen molar-refractivity contribution in [2.45, 2.75) is 12.5 Å². The van der Waals surface area contributed by atoms with Crippen molar-refractivity contribution in [3.05, 3.63) is 35.4 Å². The van der Waals surface area contributed by atoms with Crippen LogP contribution in [0.4, 0.5) is 0 Å². The third kappa shape index (κ3) is 1.97. The van der Waals surface area contributed by atoms with Gasteiger partial charge in [0.25, 0.3) is 0 Å². The van der Waals surface area contributed by atoms with Crippen molar-refractivity contribution in [2.75, 3.05) is 6.54 Å². The van der Waals surface area contributed by atoms with Crippen LogP contribution in [0.3, 0.4) is 0 Å². The first-order chi connectivity index (χ1) is 7.33. The molecule has 1 aromatic rings. The zero-order valence-electron chi connectivity index (χ0n) is 8.18. The highest BCUT2D eigenvalue weighted by Gasteiger charge is 2.20. The summed E-state index contributed by atoms with van der Waals surface area (Å²) >= 11 is 0. The predicted octanol–water partition coefficient (Wildman–Crippen LogP) is 1.01. The van der Waals surface area contributed by atoms with Crippen LogP contribution in [-0.2, 0) is 4.84 Å². The summed E-state index contributed by atoms with van der Waals surface area (Å²) in [5, 5.41) is 12.6. The number of oxime groups is 1. The van der Waals surface area contributed by atoms with Crippen molar-refractivity contribution in [3.63, 3.8) is 0 Å². The number of hydrogen-bond acceptors (Lipinski definition) is 4. The smallest absolute Gasteiger partial charge is 0.145 e. The minimum absolute atomic E-state index is 0.00403. The number of hydrogen-bond donors (Lipinski definition) is 1. The molecule has 1 heterocycles. The molecule has 1 unspecified atom stereocenters. The molecule has 1 atom stereocenters. The molecule has 4 heteroatoms. The van der Waals surface area contributed by atoms with Crippen LogP contribution in [0.2, 0.25) is 0 Å². The van der Waals surface area contributed by atoms with E-state index in [1.807, 2.05) is 12.1 Å². The molecule has 1 aliphatic rings. The van der Waals surface area contributed by atoms with E-state index in [-0.39, 0.29) is 6.10 Å². The number of nitrogens with zero attached hydrogens (tertiary/aromatic N) is 2. The Morgan fingerprint density at radius 2 is 2.20 bits per heavy atom. The third-order valence-corrected chi connectivity index (χ3v) is 2.34. The van der Waals surface area contributed by atoms with Gasteiger partial charge in [0.05, 0.1) is 17.3 Å². The number of benzene rings is 1. The Hall–Kier alpha value is -1.86. The summed E-state index contributed by atoms with van der Waals surface area (Å²) in [6, 6.07) is 9.37. The van der Waals surface area contributed by atoms with Crippen LogP contribution in [0.1, 0.15) is 17.5 Å². The standard InChI is InChI=1S/C11H11N3O/c12-6-8-1-3-9(4-2-8)11-5-10(7-13)15-14-11/h1-4,10H,5,7,13H2. The molecule has 2 rings (SSSR count). The molecule has 0 radical (unpaired) electrons. The summed E-state index contributed by atoms with van der Waals surface area (Å²) in [6.07, 6.45) is 0.734. The van der Waals surface area contributed by atoms with Gasteiger partial charge in [-0.1, -0.05) is 17.3 Å². The van der Waals surface area contributed by atoms with Crippen LogP contribution in [-0.4, -0.2) is 18.4 Å². The van der Waals surface area contributed by atoms with Gasteiger partial charge in [-0.05, 0) is 17.7 Å². The van der Waals surface area contributed by atoms with E-state index in [1.54, 1.807) is 12.1 Å². The van der Waals surface area contributed by atoms with Gasteiger partial charge in [0.15, 0.2) is 0 Å². The van der Waals surface area contributed by atoms with Crippen LogP contribution < -0.4 is 5.73 Å². The summed E-state index contributed by atoms with van der Waals surface area (Å²) in [4.78, 5) is 5.12. The van der Waals surface area contributed by atoms with E-state index in [0.29, 0.717) is 12.1 Å². The molecule has 76 valence electrons. The molecular formula is C11H11N3O. The molecule has 0 amide bonds. The van der Waals surface area contributed by atoms with Crippen LogP contribution in [0.25, 0.3) is 0 Å². The van der Waals surface area contributed by atoms with E-state index in [0.717, 1.165) is 17.7 Å². The van der Waals surface area contributed by atoms with Gasteiger partial charge in [-0.25, -0.2) is 0 Å². The Morgan fingerprint density at radius 1 is 1.47 bits per heavy atom. The molecule has 1 aromatic carbocycles. The molecule has 0 fully saturated rings. The van der Waals surface area contributed by atoms with Crippen molar-refractivity contribution < 1.29 is 4.84 Å². The average Bonchev–Trinajstić information content (AvgIpc) is 2.78. The van der Waals surface area contributed by atoms with Crippen LogP contribution in [0.15, 0.2) is 29.4 Å². The van der Waals surface area contributed by atoms with E-state index < -0.39 is 0 Å². The van der Waals surface area contributed by atoms with E-state index in [1.165, 1.54) is 0 Å². The highest BCUT2D eigenvalue weighted by atomic mass is 16.6. The SMILES string of the molecule is N#Cc1ccc(C2=NOC(CN)C2)cc1. The maximum atomic E-state index is 8.65. The number of rotatable bonds is 2. The highest BCUT2D eigenvalue weighted by molar-refractivity contribution is 6.01. The molecule has 0 saturated heterocycles. The minimum Gasteiger partial charge on any atom is -0.390 e. The molecule has 2 N–H and O–H groups in total. The van der Waals surface area contributed by atoms with E-state index in [4.69, 9.17) is 15.8 Å². The van der Waals surface area contributed by atoms with Gasteiger partial charge >= 0.3 is 0 Å². The lowest BCUT2D eigenvalue weighted by Crippen LogP contribution is -2.20. The molecule has 0 aliphatic carbocycles. The average molecular weight is 201 g/mol. The normalized spacial score (nSPS) is 19.2. The zero-order valence-corrected chi connectivity index (χ0v) is 8.18. The Bertz CT molecular complexity index is 416. The Balaban J connectivity index is 2.15. The van der Waals surface area contributed by atoms with Gasteiger partial charge in [0.1, 0.15) is 6.10 Å². The molecule has 0 aromatic heterocycles. The molecule has 0 spiro atoms. The maximum Gasteiger partial charge on any atom is 0.145 e. The quantitative estimate of drug-likeness (QED) is 0.776. The molecule has 0 saturated carbocycles. The van der Waals surface area contributed by atoms with Crippen molar-refractivity contribution >= 4 is 5.71 Å². The fourth-order valence-corrected chi connectivity index (χ4v) is 1.46. The van der Waals surface area contributed by atoms with Crippen molar-refractivity contribution in [1.29, 1.82) is 5.26 Å². The van der Waals surface area contributed by atoms with E-state index in [9.17, 15) is 0 Å². The fourth-order valence-electron chi connectivity index (χ4n) is 1.46. The topological polar surface area (TPSA) is 71.4 Å². The van der Waals surface area contributed by atoms with Gasteiger partial charge in [0, 0.05) is 13.0 Å². The second-order valence-electron chi connectivity index (χ2n) is 3.39. The van der Waals surface area contributed by atoms with Crippen molar-refractivity contribution in [3.8, 4) is 6.07 Å². The summed E-state index contributed by atoms with van der Waals surface area (Å²) < 4.78 is 0. The molecule has 0 bridgehead atoms. The van der Waals surface area contributed by atoms with Gasteiger partial charge in [0.2, 0.25) is 0 Å². The fraction of sp³-hybridized carbons (Fsp3) is 0.273. The Morgan fingerprint density at radius 3 is 2.73 bits per heavy atom. The minimum atomic E-state index is -0.00403. The van der Waals surface area contributed by atoms with E-state index in [2.05, 4.69) is 11.2 Å². The molecule has 4 nitrogen and oxygen atoms in total. The van der Waals surface area contributed by atoms with Crippen molar-refractivity contribution in [1.82, 2.24) is 0 Å². The molecular weight excluding hydrogens is 190 g/mol. The lowest BCUT2D eigenvalue weighted by Gasteiger charge is -2.02. The number of nitrogens with two attached hydrogens (primary N) is 1. The molecule has 15 heavy (non-hydrogen) atoms. The lowest BCUT2D eigenvalue weighted by molar-refractivity contribution is 0.0918. The molecule has 1 aliphatic heterocycles.